The van der Waals surface area contributed by atoms with Gasteiger partial charge in [0.1, 0.15) is 23.5 Å². The van der Waals surface area contributed by atoms with Crippen molar-refractivity contribution in [3.8, 4) is 6.07 Å². The highest BCUT2D eigenvalue weighted by molar-refractivity contribution is 5.60. The molecule has 2 atom stereocenters. The molecule has 2 heterocycles. The number of morpholine rings is 1. The zero-order valence-corrected chi connectivity index (χ0v) is 13.4. The molecule has 1 aliphatic rings. The zero-order valence-electron chi connectivity index (χ0n) is 13.4. The second-order valence-electron chi connectivity index (χ2n) is 5.76. The number of rotatable bonds is 5. The van der Waals surface area contributed by atoms with Crippen molar-refractivity contribution in [3.63, 3.8) is 0 Å². The van der Waals surface area contributed by atoms with Gasteiger partial charge in [0, 0.05) is 24.7 Å². The quantitative estimate of drug-likeness (QED) is 0.655. The Morgan fingerprint density at radius 3 is 3.00 bits per heavy atom. The number of nitriles is 1. The van der Waals surface area contributed by atoms with Gasteiger partial charge in [-0.25, -0.2) is 0 Å². The molecule has 1 aromatic carbocycles. The van der Waals surface area contributed by atoms with Gasteiger partial charge in [-0.1, -0.05) is 0 Å². The van der Waals surface area contributed by atoms with Crippen LogP contribution >= 0.6 is 0 Å². The number of ether oxygens (including phenoxy) is 1. The van der Waals surface area contributed by atoms with Crippen LogP contribution in [0.5, 0.6) is 0 Å². The normalized spacial score (nSPS) is 18.6. The van der Waals surface area contributed by atoms with E-state index in [1.165, 1.54) is 18.4 Å². The highest BCUT2D eigenvalue weighted by Crippen LogP contribution is 2.30. The van der Waals surface area contributed by atoms with Gasteiger partial charge >= 0.3 is 0 Å². The minimum Gasteiger partial charge on any atom is -0.467 e. The Morgan fingerprint density at radius 1 is 1.48 bits per heavy atom. The molecule has 130 valence electrons. The molecule has 2 aromatic rings. The minimum atomic E-state index is -0.780. The number of nitro benzene ring substituents is 1. The summed E-state index contributed by atoms with van der Waals surface area (Å²) in [5.74, 6) is 0.479. The van der Waals surface area contributed by atoms with Crippen molar-refractivity contribution in [2.45, 2.75) is 18.6 Å². The predicted molar refractivity (Wildman–Crippen MR) is 88.0 cm³/mol. The monoisotopic (exact) mass is 343 g/mol. The first kappa shape index (κ1) is 17.0. The zero-order chi connectivity index (χ0) is 17.8. The molecule has 0 radical (unpaired) electrons. The molecule has 1 N–H and O–H groups in total. The summed E-state index contributed by atoms with van der Waals surface area (Å²) in [6.07, 6.45) is 1.10. The summed E-state index contributed by atoms with van der Waals surface area (Å²) < 4.78 is 10.7. The van der Waals surface area contributed by atoms with Gasteiger partial charge < -0.3 is 19.2 Å². The van der Waals surface area contributed by atoms with Crippen LogP contribution in [0.3, 0.4) is 0 Å². The maximum Gasteiger partial charge on any atom is 0.287 e. The summed E-state index contributed by atoms with van der Waals surface area (Å²) >= 11 is 0. The van der Waals surface area contributed by atoms with Crippen LogP contribution in [0.2, 0.25) is 0 Å². The Kier molecular flexibility index (Phi) is 4.97. The van der Waals surface area contributed by atoms with E-state index in [9.17, 15) is 20.5 Å². The van der Waals surface area contributed by atoms with Crippen molar-refractivity contribution >= 4 is 11.4 Å². The molecule has 0 spiro atoms. The molecule has 8 nitrogen and oxygen atoms in total. The topological polar surface area (TPSA) is 113 Å². The maximum atomic E-state index is 11.0. The molecule has 0 saturated carbocycles. The molecule has 3 rings (SSSR count). The van der Waals surface area contributed by atoms with E-state index in [1.54, 1.807) is 18.2 Å². The number of nitrogens with zero attached hydrogens (tertiary/aromatic N) is 3. The fraction of sp³-hybridized carbons (Fsp3) is 0.353. The van der Waals surface area contributed by atoms with Crippen LogP contribution in [0.1, 0.15) is 23.8 Å². The molecule has 0 unspecified atom stereocenters. The van der Waals surface area contributed by atoms with E-state index in [-0.39, 0.29) is 17.3 Å². The van der Waals surface area contributed by atoms with Gasteiger partial charge in [0.2, 0.25) is 0 Å². The highest BCUT2D eigenvalue weighted by atomic mass is 16.6. The van der Waals surface area contributed by atoms with Crippen LogP contribution in [-0.2, 0) is 4.74 Å². The number of aliphatic hydroxyl groups excluding tert-OH is 1. The first-order chi connectivity index (χ1) is 12.1. The largest absolute Gasteiger partial charge is 0.467 e. The van der Waals surface area contributed by atoms with Crippen molar-refractivity contribution in [1.29, 1.82) is 5.26 Å². The van der Waals surface area contributed by atoms with Crippen molar-refractivity contribution in [3.05, 3.63) is 58.0 Å². The minimum absolute atomic E-state index is 0.0133. The maximum absolute atomic E-state index is 11.0. The van der Waals surface area contributed by atoms with Crippen molar-refractivity contribution in [2.24, 2.45) is 0 Å². The Labute approximate surface area is 144 Å². The first-order valence-corrected chi connectivity index (χ1v) is 7.84. The van der Waals surface area contributed by atoms with Gasteiger partial charge in [0.05, 0.1) is 30.4 Å². The van der Waals surface area contributed by atoms with Crippen LogP contribution < -0.4 is 4.90 Å². The lowest BCUT2D eigenvalue weighted by Gasteiger charge is -2.38. The smallest absolute Gasteiger partial charge is 0.287 e. The van der Waals surface area contributed by atoms with E-state index in [0.717, 1.165) is 0 Å². The molecule has 8 heteroatoms. The summed E-state index contributed by atoms with van der Waals surface area (Å²) in [7, 11) is 0. The van der Waals surface area contributed by atoms with E-state index in [0.29, 0.717) is 37.6 Å². The molecule has 1 fully saturated rings. The molecule has 25 heavy (non-hydrogen) atoms. The molecule has 0 amide bonds. The fourth-order valence-corrected chi connectivity index (χ4v) is 3.00. The Bertz CT molecular complexity index is 784. The summed E-state index contributed by atoms with van der Waals surface area (Å²) in [5, 5.41) is 30.5. The van der Waals surface area contributed by atoms with E-state index in [2.05, 4.69) is 0 Å². The third-order valence-corrected chi connectivity index (χ3v) is 4.22. The van der Waals surface area contributed by atoms with Crippen LogP contribution in [0.4, 0.5) is 11.4 Å². The van der Waals surface area contributed by atoms with Crippen molar-refractivity contribution in [1.82, 2.24) is 0 Å². The van der Waals surface area contributed by atoms with E-state index < -0.39 is 11.0 Å². The Morgan fingerprint density at radius 2 is 2.32 bits per heavy atom. The van der Waals surface area contributed by atoms with Gasteiger partial charge in [-0.05, 0) is 24.3 Å². The fourth-order valence-electron chi connectivity index (χ4n) is 3.00. The Balaban J connectivity index is 1.83. The molecule has 1 aliphatic heterocycles. The standard InChI is InChI=1S/C17H17N3O5/c18-10-12-8-13(3-4-15(12)20(22)23)19-5-7-24-11-14(19)9-16(21)17-2-1-6-25-17/h1-4,6,8,14,16,21H,5,7,9,11H2/t14-,16+/m0/s1. The van der Waals surface area contributed by atoms with E-state index in [1.807, 2.05) is 11.0 Å². The average molecular weight is 343 g/mol. The lowest BCUT2D eigenvalue weighted by atomic mass is 10.0. The summed E-state index contributed by atoms with van der Waals surface area (Å²) in [4.78, 5) is 12.4. The van der Waals surface area contributed by atoms with E-state index in [4.69, 9.17) is 9.15 Å². The van der Waals surface area contributed by atoms with Crippen LogP contribution in [0.25, 0.3) is 0 Å². The van der Waals surface area contributed by atoms with Crippen LogP contribution in [-0.4, -0.2) is 35.8 Å². The van der Waals surface area contributed by atoms with Gasteiger partial charge in [0.25, 0.3) is 5.69 Å². The summed E-state index contributed by atoms with van der Waals surface area (Å²) in [6, 6.07) is 9.62. The van der Waals surface area contributed by atoms with Gasteiger partial charge in [-0.2, -0.15) is 5.26 Å². The number of furan rings is 1. The molecule has 0 bridgehead atoms. The predicted octanol–water partition coefficient (Wildman–Crippen LogP) is 2.39. The SMILES string of the molecule is N#Cc1cc(N2CCOC[C@@H]2C[C@@H](O)c2ccco2)ccc1[N+](=O)[O-]. The lowest BCUT2D eigenvalue weighted by molar-refractivity contribution is -0.385. The lowest BCUT2D eigenvalue weighted by Crippen LogP contribution is -2.46. The number of aliphatic hydroxyl groups is 1. The van der Waals surface area contributed by atoms with E-state index >= 15 is 0 Å². The molecule has 0 aliphatic carbocycles. The number of benzene rings is 1. The van der Waals surface area contributed by atoms with Gasteiger partial charge in [-0.15, -0.1) is 0 Å². The van der Waals surface area contributed by atoms with Crippen LogP contribution in [0, 0.1) is 21.4 Å². The second-order valence-corrected chi connectivity index (χ2v) is 5.76. The number of anilines is 1. The average Bonchev–Trinajstić information content (AvgIpc) is 3.16. The molecular weight excluding hydrogens is 326 g/mol. The highest BCUT2D eigenvalue weighted by Gasteiger charge is 2.28. The number of hydrogen-bond donors (Lipinski definition) is 1. The number of nitro groups is 1. The third-order valence-electron chi connectivity index (χ3n) is 4.22. The summed E-state index contributed by atoms with van der Waals surface area (Å²) in [6.45, 7) is 1.49. The van der Waals surface area contributed by atoms with Crippen LogP contribution in [0.15, 0.2) is 41.0 Å². The second kappa shape index (κ2) is 7.34. The van der Waals surface area contributed by atoms with Gasteiger partial charge in [-0.3, -0.25) is 10.1 Å². The third kappa shape index (κ3) is 3.63. The molecular formula is C17H17N3O5. The van der Waals surface area contributed by atoms with Gasteiger partial charge in [0.15, 0.2) is 0 Å². The first-order valence-electron chi connectivity index (χ1n) is 7.84. The van der Waals surface area contributed by atoms with Crippen molar-refractivity contribution in [2.75, 3.05) is 24.7 Å². The molecule has 1 aromatic heterocycles. The Hall–Kier alpha value is -2.89. The van der Waals surface area contributed by atoms with Crippen molar-refractivity contribution < 1.29 is 19.2 Å². The summed E-state index contributed by atoms with van der Waals surface area (Å²) in [5.41, 5.74) is 0.494. The number of hydrogen-bond acceptors (Lipinski definition) is 7. The molecule has 1 saturated heterocycles.